The van der Waals surface area contributed by atoms with Gasteiger partial charge >= 0.3 is 0 Å². The predicted molar refractivity (Wildman–Crippen MR) is 228 cm³/mol. The van der Waals surface area contributed by atoms with Gasteiger partial charge in [0.1, 0.15) is 29.1 Å². The molecular weight excluding hydrogens is 701 g/mol. The minimum absolute atomic E-state index is 0.264. The molecule has 0 bridgehead atoms. The van der Waals surface area contributed by atoms with Gasteiger partial charge in [0.25, 0.3) is 0 Å². The number of anilines is 6. The Kier molecular flexibility index (Phi) is 9.46. The molecule has 12 nitrogen and oxygen atoms in total. The Labute approximate surface area is 326 Å². The van der Waals surface area contributed by atoms with Gasteiger partial charge in [-0.3, -0.25) is 0 Å². The molecule has 2 saturated heterocycles. The molecule has 12 heteroatoms. The van der Waals surface area contributed by atoms with Gasteiger partial charge in [-0.25, -0.2) is 20.0 Å². The average molecular weight is 747 g/mol. The molecule has 4 aromatic rings. The monoisotopic (exact) mass is 746 g/mol. The van der Waals surface area contributed by atoms with Crippen molar-refractivity contribution in [2.45, 2.75) is 52.4 Å². The largest absolute Gasteiger partial charge is 0.446 e. The number of hydrogen-bond donors (Lipinski definition) is 4. The van der Waals surface area contributed by atoms with Crippen LogP contribution in [0, 0.1) is 25.2 Å². The van der Waals surface area contributed by atoms with Crippen LogP contribution in [0.5, 0.6) is 0 Å². The number of nitrogens with one attached hydrogen (secondary N) is 3. The maximum atomic E-state index is 7.68. The Morgan fingerprint density at radius 1 is 0.696 bits per heavy atom. The summed E-state index contributed by atoms with van der Waals surface area (Å²) in [5.41, 5.74) is 15.0. The third-order valence-corrected chi connectivity index (χ3v) is 10.9. The Hall–Kier alpha value is -6.43. The number of aryl methyl sites for hydroxylation is 2. The zero-order valence-corrected chi connectivity index (χ0v) is 31.8. The maximum absolute atomic E-state index is 7.68. The molecule has 5 aliphatic rings. The van der Waals surface area contributed by atoms with Gasteiger partial charge in [-0.05, 0) is 125 Å². The van der Waals surface area contributed by atoms with E-state index in [2.05, 4.69) is 69.0 Å². The lowest BCUT2D eigenvalue weighted by molar-refractivity contribution is 0.550. The van der Waals surface area contributed by atoms with Crippen molar-refractivity contribution in [2.24, 2.45) is 31.6 Å². The summed E-state index contributed by atoms with van der Waals surface area (Å²) < 4.78 is 12.0. The van der Waals surface area contributed by atoms with Crippen LogP contribution in [0.3, 0.4) is 0 Å². The molecule has 56 heavy (non-hydrogen) atoms. The maximum Gasteiger partial charge on any atom is 0.197 e. The van der Waals surface area contributed by atoms with Crippen LogP contribution in [0.1, 0.15) is 61.2 Å². The number of aliphatic imine (C=N–C) groups is 4. The van der Waals surface area contributed by atoms with Gasteiger partial charge in [0.2, 0.25) is 0 Å². The van der Waals surface area contributed by atoms with Crippen molar-refractivity contribution in [3.8, 4) is 0 Å². The number of benzene rings is 2. The molecule has 0 amide bonds. The van der Waals surface area contributed by atoms with E-state index in [1.165, 1.54) is 44.6 Å². The standard InChI is InChI=1S/C44H46N10O2/c1-27-9-15-39(55-27)47-37-25-30(53-19-5-3-6-20-53)11-13-32(37)35-23-29-24-36(50-44-41(29)43(49-35)51-42(52-44)34(46)17-18-45)33-14-12-31(54-21-7-4-8-22-54)26-38(33)48-40-16-10-28(2)56-40/h9-18,23-26,41,45,47-48H,3-8,19-22,46H2,1-2H3/b34-17-,45-18?. The number of nitrogens with two attached hydrogens (primary N) is 1. The molecule has 1 unspecified atom stereocenters. The summed E-state index contributed by atoms with van der Waals surface area (Å²) in [6.07, 6.45) is 14.1. The van der Waals surface area contributed by atoms with E-state index in [1.54, 1.807) is 0 Å². The minimum atomic E-state index is -0.382. The Balaban J connectivity index is 1.18. The normalized spacial score (nSPS) is 19.5. The first-order valence-electron chi connectivity index (χ1n) is 19.6. The quantitative estimate of drug-likeness (QED) is 0.118. The first kappa shape index (κ1) is 35.3. The van der Waals surface area contributed by atoms with E-state index in [-0.39, 0.29) is 17.5 Å². The van der Waals surface area contributed by atoms with Gasteiger partial charge in [0.15, 0.2) is 17.6 Å². The second-order valence-corrected chi connectivity index (χ2v) is 14.9. The first-order chi connectivity index (χ1) is 27.4. The Bertz CT molecular complexity index is 2300. The number of piperidine rings is 2. The lowest BCUT2D eigenvalue weighted by Gasteiger charge is -2.31. The second-order valence-electron chi connectivity index (χ2n) is 14.9. The molecule has 0 aliphatic carbocycles. The van der Waals surface area contributed by atoms with Crippen LogP contribution in [-0.2, 0) is 0 Å². The van der Waals surface area contributed by atoms with Crippen LogP contribution in [0.15, 0.2) is 119 Å². The summed E-state index contributed by atoms with van der Waals surface area (Å²) in [6.45, 7) is 7.99. The van der Waals surface area contributed by atoms with Crippen molar-refractivity contribution in [2.75, 3.05) is 46.6 Å². The van der Waals surface area contributed by atoms with E-state index >= 15 is 0 Å². The van der Waals surface area contributed by atoms with E-state index < -0.39 is 0 Å². The zero-order valence-electron chi connectivity index (χ0n) is 31.8. The second kappa shape index (κ2) is 15.0. The van der Waals surface area contributed by atoms with Gasteiger partial charge in [-0.1, -0.05) is 0 Å². The molecule has 2 aromatic heterocycles. The van der Waals surface area contributed by atoms with E-state index in [1.807, 2.05) is 38.1 Å². The SMILES string of the molecule is Cc1ccc(Nc2cc(N3CCCCC3)ccc2C2=CC3=CC(c4ccc(N5CCCCC5)cc4Nc4ccc(C)o4)=NC4=NC(/C(N)=C/C=N)=NC(=N2)C34)o1. The van der Waals surface area contributed by atoms with Crippen molar-refractivity contribution < 1.29 is 8.83 Å². The fourth-order valence-corrected chi connectivity index (χ4v) is 8.05. The first-order valence-corrected chi connectivity index (χ1v) is 19.6. The molecule has 0 spiro atoms. The van der Waals surface area contributed by atoms with Crippen molar-refractivity contribution in [1.29, 1.82) is 5.41 Å². The fraction of sp³-hybridized carbons (Fsp3) is 0.295. The van der Waals surface area contributed by atoms with E-state index in [9.17, 15) is 0 Å². The highest BCUT2D eigenvalue weighted by Crippen LogP contribution is 2.40. The van der Waals surface area contributed by atoms with Crippen LogP contribution >= 0.6 is 0 Å². The minimum Gasteiger partial charge on any atom is -0.446 e. The van der Waals surface area contributed by atoms with Crippen LogP contribution in [0.25, 0.3) is 5.70 Å². The third-order valence-electron chi connectivity index (χ3n) is 10.9. The number of rotatable bonds is 10. The highest BCUT2D eigenvalue weighted by Gasteiger charge is 2.37. The third kappa shape index (κ3) is 7.10. The van der Waals surface area contributed by atoms with Crippen LogP contribution in [-0.4, -0.2) is 55.6 Å². The smallest absolute Gasteiger partial charge is 0.197 e. The summed E-state index contributed by atoms with van der Waals surface area (Å²) in [5, 5.41) is 14.8. The summed E-state index contributed by atoms with van der Waals surface area (Å²) in [7, 11) is 0. The molecular formula is C44H46N10O2. The van der Waals surface area contributed by atoms with Crippen molar-refractivity contribution in [1.82, 2.24) is 0 Å². The van der Waals surface area contributed by atoms with Gasteiger partial charge in [-0.15, -0.1) is 0 Å². The topological polar surface area (TPSA) is 156 Å². The fourth-order valence-electron chi connectivity index (χ4n) is 8.05. The van der Waals surface area contributed by atoms with Crippen LogP contribution in [0.4, 0.5) is 34.5 Å². The molecule has 7 heterocycles. The molecule has 2 fully saturated rings. The number of hydrogen-bond acceptors (Lipinski definition) is 12. The van der Waals surface area contributed by atoms with E-state index in [0.717, 1.165) is 94.8 Å². The lowest BCUT2D eigenvalue weighted by Crippen LogP contribution is -2.35. The molecule has 0 radical (unpaired) electrons. The summed E-state index contributed by atoms with van der Waals surface area (Å²) in [5.74, 6) is 3.95. The summed E-state index contributed by atoms with van der Waals surface area (Å²) in [4.78, 5) is 25.0. The molecule has 5 N–H and O–H groups in total. The molecule has 2 aromatic carbocycles. The number of furan rings is 2. The highest BCUT2D eigenvalue weighted by atomic mass is 16.4. The highest BCUT2D eigenvalue weighted by molar-refractivity contribution is 6.30. The van der Waals surface area contributed by atoms with E-state index in [4.69, 9.17) is 39.9 Å². The van der Waals surface area contributed by atoms with Crippen molar-refractivity contribution in [3.63, 3.8) is 0 Å². The lowest BCUT2D eigenvalue weighted by atomic mass is 9.86. The number of amidine groups is 3. The van der Waals surface area contributed by atoms with Gasteiger partial charge in [0, 0.05) is 67.0 Å². The molecule has 5 aliphatic heterocycles. The molecule has 0 saturated carbocycles. The van der Waals surface area contributed by atoms with Crippen molar-refractivity contribution >= 4 is 69.6 Å². The predicted octanol–water partition coefficient (Wildman–Crippen LogP) is 9.06. The average Bonchev–Trinajstić information content (AvgIpc) is 3.84. The van der Waals surface area contributed by atoms with Gasteiger partial charge in [0.05, 0.1) is 28.5 Å². The molecule has 1 atom stereocenters. The number of dihydropyridines is 1. The molecule has 9 rings (SSSR count). The summed E-state index contributed by atoms with van der Waals surface area (Å²) in [6, 6.07) is 20.8. The number of allylic oxidation sites excluding steroid dienone is 3. The van der Waals surface area contributed by atoms with Gasteiger partial charge in [-0.2, -0.15) is 0 Å². The zero-order chi connectivity index (χ0) is 38.2. The summed E-state index contributed by atoms with van der Waals surface area (Å²) >= 11 is 0. The Morgan fingerprint density at radius 2 is 1.27 bits per heavy atom. The van der Waals surface area contributed by atoms with Crippen LogP contribution in [0.2, 0.25) is 0 Å². The van der Waals surface area contributed by atoms with E-state index in [0.29, 0.717) is 23.4 Å². The van der Waals surface area contributed by atoms with Gasteiger partial charge < -0.3 is 40.4 Å². The Morgan fingerprint density at radius 3 is 1.84 bits per heavy atom. The molecule has 284 valence electrons. The van der Waals surface area contributed by atoms with Crippen molar-refractivity contribution in [3.05, 3.63) is 113 Å². The number of nitrogens with zero attached hydrogens (tertiary/aromatic N) is 6. The van der Waals surface area contributed by atoms with Crippen LogP contribution < -0.4 is 26.2 Å².